The van der Waals surface area contributed by atoms with Gasteiger partial charge in [-0.1, -0.05) is 31.2 Å². The Morgan fingerprint density at radius 2 is 1.72 bits per heavy atom. The Bertz CT molecular complexity index is 1170. The molecule has 2 aromatic carbocycles. The molecular weight excluding hydrogens is 482 g/mol. The molecule has 0 unspecified atom stereocenters. The summed E-state index contributed by atoms with van der Waals surface area (Å²) in [6.07, 6.45) is 1.38. The highest BCUT2D eigenvalue weighted by Crippen LogP contribution is 2.34. The van der Waals surface area contributed by atoms with Crippen molar-refractivity contribution in [3.63, 3.8) is 0 Å². The standard InChI is InChI=1S/C26H37N3O6S/c1-8-22(26(31)27-18(2)3)28(16-20-12-10-9-11-19(20)4)25(30)17-29(36(7,32)33)23-15-21(34-5)13-14-24(23)35-6/h9-15,18,22H,8,16-17H2,1-7H3,(H,27,31)/t22-/m1/s1. The van der Waals surface area contributed by atoms with E-state index in [1.807, 2.05) is 52.0 Å². The zero-order valence-corrected chi connectivity index (χ0v) is 22.9. The van der Waals surface area contributed by atoms with Crippen molar-refractivity contribution in [2.75, 3.05) is 31.3 Å². The Labute approximate surface area is 214 Å². The van der Waals surface area contributed by atoms with Gasteiger partial charge in [-0.25, -0.2) is 8.42 Å². The van der Waals surface area contributed by atoms with Crippen LogP contribution >= 0.6 is 0 Å². The van der Waals surface area contributed by atoms with Crippen molar-refractivity contribution in [1.29, 1.82) is 0 Å². The SMILES string of the molecule is CC[C@H](C(=O)NC(C)C)N(Cc1ccccc1C)C(=O)CN(c1cc(OC)ccc1OC)S(C)(=O)=O. The van der Waals surface area contributed by atoms with E-state index in [4.69, 9.17) is 9.47 Å². The molecule has 2 rings (SSSR count). The maximum absolute atomic E-state index is 13.8. The average Bonchev–Trinajstić information content (AvgIpc) is 2.81. The Morgan fingerprint density at radius 3 is 2.25 bits per heavy atom. The largest absolute Gasteiger partial charge is 0.497 e. The van der Waals surface area contributed by atoms with E-state index >= 15 is 0 Å². The van der Waals surface area contributed by atoms with Crippen molar-refractivity contribution < 1.29 is 27.5 Å². The van der Waals surface area contributed by atoms with E-state index < -0.39 is 28.5 Å². The first-order valence-corrected chi connectivity index (χ1v) is 13.6. The highest BCUT2D eigenvalue weighted by Gasteiger charge is 2.33. The quantitative estimate of drug-likeness (QED) is 0.462. The van der Waals surface area contributed by atoms with Crippen LogP contribution in [0, 0.1) is 6.92 Å². The molecule has 0 aliphatic carbocycles. The molecule has 9 nitrogen and oxygen atoms in total. The van der Waals surface area contributed by atoms with Crippen LogP contribution in [0.3, 0.4) is 0 Å². The van der Waals surface area contributed by atoms with Crippen LogP contribution < -0.4 is 19.1 Å². The molecule has 2 amide bonds. The Kier molecular flexibility index (Phi) is 10.2. The number of anilines is 1. The van der Waals surface area contributed by atoms with Crippen LogP contribution in [0.1, 0.15) is 38.3 Å². The van der Waals surface area contributed by atoms with Gasteiger partial charge in [0.05, 0.1) is 26.2 Å². The first-order chi connectivity index (χ1) is 16.9. The van der Waals surface area contributed by atoms with Crippen LogP contribution in [-0.4, -0.2) is 64.2 Å². The molecule has 0 fully saturated rings. The van der Waals surface area contributed by atoms with Gasteiger partial charge in [0.15, 0.2) is 0 Å². The summed E-state index contributed by atoms with van der Waals surface area (Å²) in [6.45, 7) is 7.08. The average molecular weight is 520 g/mol. The summed E-state index contributed by atoms with van der Waals surface area (Å²) in [6, 6.07) is 11.4. The fourth-order valence-corrected chi connectivity index (χ4v) is 4.70. The number of hydrogen-bond donors (Lipinski definition) is 1. The Hall–Kier alpha value is -3.27. The number of methoxy groups -OCH3 is 2. The number of carbonyl (C=O) groups is 2. The fraction of sp³-hybridized carbons (Fsp3) is 0.462. The van der Waals surface area contributed by atoms with Crippen molar-refractivity contribution in [3.05, 3.63) is 53.6 Å². The summed E-state index contributed by atoms with van der Waals surface area (Å²) in [5.74, 6) is -0.130. The summed E-state index contributed by atoms with van der Waals surface area (Å²) in [7, 11) is -1.03. The number of nitrogens with one attached hydrogen (secondary N) is 1. The molecule has 0 spiro atoms. The lowest BCUT2D eigenvalue weighted by molar-refractivity contribution is -0.140. The molecule has 0 aliphatic heterocycles. The first-order valence-electron chi connectivity index (χ1n) is 11.8. The molecule has 10 heteroatoms. The molecule has 0 heterocycles. The van der Waals surface area contributed by atoms with E-state index in [1.54, 1.807) is 12.1 Å². The summed E-state index contributed by atoms with van der Waals surface area (Å²) in [5.41, 5.74) is 2.00. The highest BCUT2D eigenvalue weighted by atomic mass is 32.2. The number of carbonyl (C=O) groups excluding carboxylic acids is 2. The van der Waals surface area contributed by atoms with Crippen LogP contribution in [0.2, 0.25) is 0 Å². The number of rotatable bonds is 12. The number of sulfonamides is 1. The maximum Gasteiger partial charge on any atom is 0.244 e. The number of amides is 2. The second kappa shape index (κ2) is 12.6. The van der Waals surface area contributed by atoms with Gasteiger partial charge in [0.25, 0.3) is 0 Å². The smallest absolute Gasteiger partial charge is 0.244 e. The minimum Gasteiger partial charge on any atom is -0.497 e. The van der Waals surface area contributed by atoms with E-state index in [2.05, 4.69) is 5.32 Å². The van der Waals surface area contributed by atoms with Gasteiger partial charge >= 0.3 is 0 Å². The highest BCUT2D eigenvalue weighted by molar-refractivity contribution is 7.92. The molecule has 0 aliphatic rings. The molecular formula is C26H37N3O6S. The molecule has 0 aromatic heterocycles. The molecule has 198 valence electrons. The van der Waals surface area contributed by atoms with Crippen molar-refractivity contribution in [1.82, 2.24) is 10.2 Å². The predicted molar refractivity (Wildman–Crippen MR) is 141 cm³/mol. The topological polar surface area (TPSA) is 105 Å². The zero-order valence-electron chi connectivity index (χ0n) is 22.1. The van der Waals surface area contributed by atoms with Crippen molar-refractivity contribution >= 4 is 27.5 Å². The summed E-state index contributed by atoms with van der Waals surface area (Å²) in [5, 5.41) is 2.88. The van der Waals surface area contributed by atoms with E-state index in [1.165, 1.54) is 25.2 Å². The van der Waals surface area contributed by atoms with E-state index in [0.717, 1.165) is 21.7 Å². The third-order valence-corrected chi connectivity index (χ3v) is 6.88. The zero-order chi connectivity index (χ0) is 27.0. The lowest BCUT2D eigenvalue weighted by Gasteiger charge is -2.33. The Morgan fingerprint density at radius 1 is 1.06 bits per heavy atom. The van der Waals surface area contributed by atoms with Crippen LogP contribution in [0.5, 0.6) is 11.5 Å². The van der Waals surface area contributed by atoms with Gasteiger partial charge < -0.3 is 19.7 Å². The van der Waals surface area contributed by atoms with Gasteiger partial charge in [-0.05, 0) is 50.5 Å². The molecule has 2 aromatic rings. The molecule has 0 radical (unpaired) electrons. The monoisotopic (exact) mass is 519 g/mol. The third-order valence-electron chi connectivity index (χ3n) is 5.75. The summed E-state index contributed by atoms with van der Waals surface area (Å²) >= 11 is 0. The van der Waals surface area contributed by atoms with Crippen molar-refractivity contribution in [3.8, 4) is 11.5 Å². The van der Waals surface area contributed by atoms with Gasteiger partial charge in [-0.15, -0.1) is 0 Å². The number of aryl methyl sites for hydroxylation is 1. The van der Waals surface area contributed by atoms with Gasteiger partial charge in [0.2, 0.25) is 21.8 Å². The molecule has 1 N–H and O–H groups in total. The van der Waals surface area contributed by atoms with E-state index in [-0.39, 0.29) is 29.9 Å². The number of benzene rings is 2. The molecule has 1 atom stereocenters. The van der Waals surface area contributed by atoms with Crippen LogP contribution in [0.15, 0.2) is 42.5 Å². The van der Waals surface area contributed by atoms with Crippen LogP contribution in [0.4, 0.5) is 5.69 Å². The van der Waals surface area contributed by atoms with Gasteiger partial charge in [0, 0.05) is 18.7 Å². The second-order valence-corrected chi connectivity index (χ2v) is 10.7. The first kappa shape index (κ1) is 29.0. The number of hydrogen-bond acceptors (Lipinski definition) is 6. The predicted octanol–water partition coefficient (Wildman–Crippen LogP) is 3.11. The third kappa shape index (κ3) is 7.36. The van der Waals surface area contributed by atoms with Crippen LogP contribution in [0.25, 0.3) is 0 Å². The number of ether oxygens (including phenoxy) is 2. The van der Waals surface area contributed by atoms with E-state index in [9.17, 15) is 18.0 Å². The maximum atomic E-state index is 13.8. The molecule has 0 saturated carbocycles. The lowest BCUT2D eigenvalue weighted by Crippen LogP contribution is -2.53. The fourth-order valence-electron chi connectivity index (χ4n) is 3.86. The molecule has 0 saturated heterocycles. The van der Waals surface area contributed by atoms with Gasteiger partial charge in [-0.3, -0.25) is 13.9 Å². The minimum absolute atomic E-state index is 0.115. The minimum atomic E-state index is -3.91. The van der Waals surface area contributed by atoms with Gasteiger partial charge in [0.1, 0.15) is 24.1 Å². The normalized spacial score (nSPS) is 12.1. The molecule has 36 heavy (non-hydrogen) atoms. The van der Waals surface area contributed by atoms with Crippen molar-refractivity contribution in [2.24, 2.45) is 0 Å². The van der Waals surface area contributed by atoms with E-state index in [0.29, 0.717) is 12.2 Å². The second-order valence-electron chi connectivity index (χ2n) is 8.84. The lowest BCUT2D eigenvalue weighted by atomic mass is 10.1. The van der Waals surface area contributed by atoms with Gasteiger partial charge in [-0.2, -0.15) is 0 Å². The molecule has 0 bridgehead atoms. The summed E-state index contributed by atoms with van der Waals surface area (Å²) < 4.78 is 37.4. The Balaban J connectivity index is 2.55. The van der Waals surface area contributed by atoms with Crippen molar-refractivity contribution in [2.45, 2.75) is 52.7 Å². The summed E-state index contributed by atoms with van der Waals surface area (Å²) in [4.78, 5) is 28.3. The van der Waals surface area contributed by atoms with Crippen LogP contribution in [-0.2, 0) is 26.2 Å². The number of nitrogens with zero attached hydrogens (tertiary/aromatic N) is 2.